The Labute approximate surface area is 222 Å². The number of ether oxygens (including phenoxy) is 1. The van der Waals surface area contributed by atoms with Gasteiger partial charge in [0.15, 0.2) is 11.0 Å². The van der Waals surface area contributed by atoms with E-state index >= 15 is 0 Å². The Kier molecular flexibility index (Phi) is 9.35. The van der Waals surface area contributed by atoms with E-state index in [2.05, 4.69) is 49.2 Å². The number of rotatable bonds is 12. The van der Waals surface area contributed by atoms with Crippen LogP contribution in [0, 0.1) is 0 Å². The number of aryl methyl sites for hydroxylation is 1. The standard InChI is InChI=1S/C29H33N5O2S/c1-33(2)25(23-14-8-5-9-15-23)20-30-27(35)21-37-29-32-31-28(24-16-10-11-17-26(24)36-3)34(29)19-18-22-12-6-4-7-13-22/h4-17,25H,18-21H2,1-3H3,(H,30,35)/t25-/m1/s1. The molecule has 0 unspecified atom stereocenters. The third-order valence-electron chi connectivity index (χ3n) is 6.16. The molecule has 37 heavy (non-hydrogen) atoms. The van der Waals surface area contributed by atoms with Crippen LogP contribution in [0.4, 0.5) is 0 Å². The minimum Gasteiger partial charge on any atom is -0.496 e. The molecule has 0 aliphatic heterocycles. The van der Waals surface area contributed by atoms with Crippen LogP contribution >= 0.6 is 11.8 Å². The first-order chi connectivity index (χ1) is 18.1. The summed E-state index contributed by atoms with van der Waals surface area (Å²) in [5, 5.41) is 12.7. The SMILES string of the molecule is COc1ccccc1-c1nnc(SCC(=O)NC[C@H](c2ccccc2)N(C)C)n1CCc1ccccc1. The fraction of sp³-hybridized carbons (Fsp3) is 0.276. The topological polar surface area (TPSA) is 72.3 Å². The van der Waals surface area contributed by atoms with Crippen molar-refractivity contribution in [3.8, 4) is 17.1 Å². The maximum Gasteiger partial charge on any atom is 0.230 e. The number of carbonyl (C=O) groups is 1. The fourth-order valence-electron chi connectivity index (χ4n) is 4.18. The van der Waals surface area contributed by atoms with Gasteiger partial charge in [-0.1, -0.05) is 84.6 Å². The van der Waals surface area contributed by atoms with Gasteiger partial charge in [0.2, 0.25) is 5.91 Å². The molecule has 1 heterocycles. The van der Waals surface area contributed by atoms with Crippen molar-refractivity contribution in [3.05, 3.63) is 96.1 Å². The molecular weight excluding hydrogens is 482 g/mol. The molecule has 0 radical (unpaired) electrons. The van der Waals surface area contributed by atoms with Crippen LogP contribution in [0.25, 0.3) is 11.4 Å². The molecule has 1 aromatic heterocycles. The zero-order chi connectivity index (χ0) is 26.0. The normalized spacial score (nSPS) is 11.9. The van der Waals surface area contributed by atoms with E-state index in [0.717, 1.165) is 23.6 Å². The van der Waals surface area contributed by atoms with Crippen molar-refractivity contribution in [3.63, 3.8) is 0 Å². The van der Waals surface area contributed by atoms with Crippen LogP contribution in [0.1, 0.15) is 17.2 Å². The lowest BCUT2D eigenvalue weighted by Crippen LogP contribution is -2.35. The molecule has 7 nitrogen and oxygen atoms in total. The van der Waals surface area contributed by atoms with Crippen LogP contribution in [0.15, 0.2) is 90.1 Å². The van der Waals surface area contributed by atoms with E-state index in [1.54, 1.807) is 7.11 Å². The number of nitrogens with one attached hydrogen (secondary N) is 1. The third-order valence-corrected chi connectivity index (χ3v) is 7.13. The second kappa shape index (κ2) is 13.1. The average Bonchev–Trinajstić information content (AvgIpc) is 3.34. The average molecular weight is 516 g/mol. The van der Waals surface area contributed by atoms with Gasteiger partial charge in [0, 0.05) is 13.1 Å². The first kappa shape index (κ1) is 26.4. The van der Waals surface area contributed by atoms with Gasteiger partial charge in [-0.25, -0.2) is 0 Å². The number of aromatic nitrogens is 3. The predicted molar refractivity (Wildman–Crippen MR) is 149 cm³/mol. The Morgan fingerprint density at radius 3 is 2.35 bits per heavy atom. The molecule has 1 N–H and O–H groups in total. The third kappa shape index (κ3) is 6.99. The van der Waals surface area contributed by atoms with Crippen molar-refractivity contribution in [2.45, 2.75) is 24.2 Å². The van der Waals surface area contributed by atoms with Gasteiger partial charge in [0.25, 0.3) is 0 Å². The molecule has 0 saturated carbocycles. The summed E-state index contributed by atoms with van der Waals surface area (Å²) in [6.07, 6.45) is 0.822. The number of amides is 1. The Hall–Kier alpha value is -3.62. The van der Waals surface area contributed by atoms with E-state index in [0.29, 0.717) is 18.2 Å². The number of thioether (sulfide) groups is 1. The summed E-state index contributed by atoms with van der Waals surface area (Å²) in [5.74, 6) is 1.68. The quantitative estimate of drug-likeness (QED) is 0.276. The number of carbonyl (C=O) groups excluding carboxylic acids is 1. The molecule has 0 aliphatic rings. The molecule has 0 bridgehead atoms. The van der Waals surface area contributed by atoms with Gasteiger partial charge in [-0.3, -0.25) is 4.79 Å². The maximum absolute atomic E-state index is 12.8. The molecule has 1 atom stereocenters. The van der Waals surface area contributed by atoms with Crippen molar-refractivity contribution in [2.24, 2.45) is 0 Å². The molecule has 4 aromatic rings. The molecule has 8 heteroatoms. The van der Waals surface area contributed by atoms with Gasteiger partial charge in [-0.15, -0.1) is 10.2 Å². The van der Waals surface area contributed by atoms with E-state index in [1.165, 1.54) is 22.9 Å². The van der Waals surface area contributed by atoms with Gasteiger partial charge in [-0.05, 0) is 43.8 Å². The maximum atomic E-state index is 12.8. The zero-order valence-corrected chi connectivity index (χ0v) is 22.3. The lowest BCUT2D eigenvalue weighted by molar-refractivity contribution is -0.118. The molecule has 1 amide bonds. The van der Waals surface area contributed by atoms with Gasteiger partial charge >= 0.3 is 0 Å². The van der Waals surface area contributed by atoms with E-state index in [1.807, 2.05) is 74.8 Å². The number of methoxy groups -OCH3 is 1. The van der Waals surface area contributed by atoms with Crippen LogP contribution < -0.4 is 10.1 Å². The van der Waals surface area contributed by atoms with Crippen molar-refractivity contribution in [1.82, 2.24) is 25.0 Å². The van der Waals surface area contributed by atoms with Gasteiger partial charge < -0.3 is 19.5 Å². The molecule has 0 saturated heterocycles. The molecule has 0 aliphatic carbocycles. The van der Waals surface area contributed by atoms with Crippen molar-refractivity contribution >= 4 is 17.7 Å². The summed E-state index contributed by atoms with van der Waals surface area (Å²) in [6.45, 7) is 1.22. The summed E-state index contributed by atoms with van der Waals surface area (Å²) >= 11 is 1.40. The fourth-order valence-corrected chi connectivity index (χ4v) is 4.97. The minimum atomic E-state index is -0.0377. The molecular formula is C29H33N5O2S. The van der Waals surface area contributed by atoms with Crippen LogP contribution in [0.2, 0.25) is 0 Å². The van der Waals surface area contributed by atoms with Crippen LogP contribution in [-0.4, -0.2) is 59.1 Å². The van der Waals surface area contributed by atoms with E-state index in [4.69, 9.17) is 4.74 Å². The Bertz CT molecular complexity index is 1280. The van der Waals surface area contributed by atoms with E-state index < -0.39 is 0 Å². The number of hydrogen-bond donors (Lipinski definition) is 1. The number of nitrogens with zero attached hydrogens (tertiary/aromatic N) is 4. The van der Waals surface area contributed by atoms with E-state index in [-0.39, 0.29) is 17.7 Å². The highest BCUT2D eigenvalue weighted by Crippen LogP contribution is 2.31. The molecule has 192 valence electrons. The smallest absolute Gasteiger partial charge is 0.230 e. The summed E-state index contributed by atoms with van der Waals surface area (Å²) in [6, 6.07) is 28.4. The summed E-state index contributed by atoms with van der Waals surface area (Å²) < 4.78 is 7.66. The zero-order valence-electron chi connectivity index (χ0n) is 21.5. The number of para-hydroxylation sites is 1. The van der Waals surface area contributed by atoms with Gasteiger partial charge in [-0.2, -0.15) is 0 Å². The van der Waals surface area contributed by atoms with Gasteiger partial charge in [0.05, 0.1) is 24.5 Å². The van der Waals surface area contributed by atoms with E-state index in [9.17, 15) is 4.79 Å². The number of benzene rings is 3. The highest BCUT2D eigenvalue weighted by molar-refractivity contribution is 7.99. The molecule has 4 rings (SSSR count). The second-order valence-corrected chi connectivity index (χ2v) is 9.82. The summed E-state index contributed by atoms with van der Waals surface area (Å²) in [5.41, 5.74) is 3.27. The molecule has 0 spiro atoms. The van der Waals surface area contributed by atoms with Crippen molar-refractivity contribution in [2.75, 3.05) is 33.5 Å². The van der Waals surface area contributed by atoms with Crippen molar-refractivity contribution in [1.29, 1.82) is 0 Å². The lowest BCUT2D eigenvalue weighted by atomic mass is 10.1. The Balaban J connectivity index is 1.47. The Morgan fingerprint density at radius 2 is 1.65 bits per heavy atom. The largest absolute Gasteiger partial charge is 0.496 e. The first-order valence-electron chi connectivity index (χ1n) is 12.3. The summed E-state index contributed by atoms with van der Waals surface area (Å²) in [7, 11) is 5.69. The van der Waals surface area contributed by atoms with Gasteiger partial charge in [0.1, 0.15) is 5.75 Å². The Morgan fingerprint density at radius 1 is 0.973 bits per heavy atom. The van der Waals surface area contributed by atoms with Crippen LogP contribution in [-0.2, 0) is 17.8 Å². The minimum absolute atomic E-state index is 0.0377. The molecule has 3 aromatic carbocycles. The second-order valence-electron chi connectivity index (χ2n) is 8.88. The van der Waals surface area contributed by atoms with Crippen LogP contribution in [0.5, 0.6) is 5.75 Å². The van der Waals surface area contributed by atoms with Crippen molar-refractivity contribution < 1.29 is 9.53 Å². The number of hydrogen-bond acceptors (Lipinski definition) is 6. The predicted octanol–water partition coefficient (Wildman–Crippen LogP) is 4.71. The lowest BCUT2D eigenvalue weighted by Gasteiger charge is -2.25. The monoisotopic (exact) mass is 515 g/mol. The number of likely N-dealkylation sites (N-methyl/N-ethyl adjacent to an activating group) is 1. The summed E-state index contributed by atoms with van der Waals surface area (Å²) in [4.78, 5) is 14.9. The molecule has 0 fully saturated rings. The highest BCUT2D eigenvalue weighted by Gasteiger charge is 2.19. The highest BCUT2D eigenvalue weighted by atomic mass is 32.2. The first-order valence-corrected chi connectivity index (χ1v) is 13.3. The van der Waals surface area contributed by atoms with Crippen LogP contribution in [0.3, 0.4) is 0 Å².